The molecule has 28 heavy (non-hydrogen) atoms. The van der Waals surface area contributed by atoms with Crippen LogP contribution < -0.4 is 5.56 Å². The zero-order valence-electron chi connectivity index (χ0n) is 16.8. The Morgan fingerprint density at radius 3 is 2.71 bits per heavy atom. The van der Waals surface area contributed by atoms with Crippen molar-refractivity contribution in [2.45, 2.75) is 44.3 Å². The van der Waals surface area contributed by atoms with Gasteiger partial charge in [-0.2, -0.15) is 0 Å². The molecule has 0 N–H and O–H groups in total. The first-order valence-electron chi connectivity index (χ1n) is 10.3. The van der Waals surface area contributed by atoms with Crippen LogP contribution in [0.3, 0.4) is 0 Å². The van der Waals surface area contributed by atoms with Gasteiger partial charge < -0.3 is 19.3 Å². The normalized spacial score (nSPS) is 29.8. The molecule has 7 nitrogen and oxygen atoms in total. The Morgan fingerprint density at radius 1 is 1.18 bits per heavy atom. The van der Waals surface area contributed by atoms with E-state index in [0.717, 1.165) is 25.8 Å². The van der Waals surface area contributed by atoms with Gasteiger partial charge in [-0.25, -0.2) is 0 Å². The molecule has 2 bridgehead atoms. The maximum absolute atomic E-state index is 13.0. The summed E-state index contributed by atoms with van der Waals surface area (Å²) in [5.41, 5.74) is -0.150. The van der Waals surface area contributed by atoms with Gasteiger partial charge >= 0.3 is 0 Å². The fraction of sp³-hybridized carbons (Fsp3) is 0.667. The number of nitrogens with zero attached hydrogens (tertiary/aromatic N) is 4. The van der Waals surface area contributed by atoms with Gasteiger partial charge in [-0.1, -0.05) is 6.07 Å². The Morgan fingerprint density at radius 2 is 1.96 bits per heavy atom. The number of carbonyl (C=O) groups is 2. The molecule has 1 aromatic rings. The highest BCUT2D eigenvalue weighted by Gasteiger charge is 2.49. The zero-order chi connectivity index (χ0) is 19.8. The highest BCUT2D eigenvalue weighted by molar-refractivity contribution is 5.78. The topological polar surface area (TPSA) is 65.9 Å². The van der Waals surface area contributed by atoms with Crippen molar-refractivity contribution in [1.82, 2.24) is 19.3 Å². The van der Waals surface area contributed by atoms with E-state index < -0.39 is 0 Å². The highest BCUT2D eigenvalue weighted by atomic mass is 16.2. The maximum atomic E-state index is 13.0. The Balaban J connectivity index is 1.55. The van der Waals surface area contributed by atoms with Gasteiger partial charge in [0.15, 0.2) is 0 Å². The second-order valence-corrected chi connectivity index (χ2v) is 8.81. The van der Waals surface area contributed by atoms with Crippen molar-refractivity contribution in [3.63, 3.8) is 0 Å². The summed E-state index contributed by atoms with van der Waals surface area (Å²) in [5, 5.41) is 0. The van der Waals surface area contributed by atoms with Crippen molar-refractivity contribution in [2.75, 3.05) is 33.7 Å². The van der Waals surface area contributed by atoms with Gasteiger partial charge in [0, 0.05) is 50.4 Å². The third-order valence-electron chi connectivity index (χ3n) is 6.61. The lowest BCUT2D eigenvalue weighted by atomic mass is 9.72. The summed E-state index contributed by atoms with van der Waals surface area (Å²) in [6, 6.07) is 5.36. The zero-order valence-corrected chi connectivity index (χ0v) is 16.8. The van der Waals surface area contributed by atoms with Gasteiger partial charge in [-0.15, -0.1) is 0 Å². The number of rotatable bonds is 4. The molecule has 3 fully saturated rings. The molecule has 0 unspecified atom stereocenters. The standard InChI is InChI=1S/C21H30N4O3/c1-22(2)13-18-16-10-15(17-6-5-8-20(27)25(17)18)11-24(12-16)21(28)14-23-9-4-3-7-19(23)26/h3-4,7,9,15-18H,5-6,8,10-14H2,1-2H3/t15-,16+,17+,18+/m1/s1. The van der Waals surface area contributed by atoms with Crippen LogP contribution in [0.15, 0.2) is 29.2 Å². The lowest BCUT2D eigenvalue weighted by molar-refractivity contribution is -0.157. The van der Waals surface area contributed by atoms with Crippen LogP contribution in [0.1, 0.15) is 25.7 Å². The Kier molecular flexibility index (Phi) is 5.27. The average Bonchev–Trinajstić information content (AvgIpc) is 2.66. The number of amides is 2. The molecule has 2 amide bonds. The number of hydrogen-bond donors (Lipinski definition) is 0. The third-order valence-corrected chi connectivity index (χ3v) is 6.61. The quantitative estimate of drug-likeness (QED) is 0.762. The van der Waals surface area contributed by atoms with E-state index >= 15 is 0 Å². The Hall–Kier alpha value is -2.15. The van der Waals surface area contributed by atoms with Gasteiger partial charge in [0.2, 0.25) is 11.8 Å². The largest absolute Gasteiger partial charge is 0.340 e. The van der Waals surface area contributed by atoms with Gasteiger partial charge in [0.05, 0.1) is 0 Å². The monoisotopic (exact) mass is 386 g/mol. The summed E-state index contributed by atoms with van der Waals surface area (Å²) < 4.78 is 1.47. The van der Waals surface area contributed by atoms with E-state index in [1.165, 1.54) is 10.6 Å². The van der Waals surface area contributed by atoms with Crippen molar-refractivity contribution >= 4 is 11.8 Å². The molecular weight excluding hydrogens is 356 g/mol. The fourth-order valence-electron chi connectivity index (χ4n) is 5.42. The molecule has 7 heteroatoms. The van der Waals surface area contributed by atoms with Crippen LogP contribution in [0, 0.1) is 11.8 Å². The molecule has 3 saturated heterocycles. The molecule has 4 rings (SSSR count). The number of likely N-dealkylation sites (tertiary alicyclic amines) is 1. The number of aromatic nitrogens is 1. The van der Waals surface area contributed by atoms with Crippen molar-refractivity contribution < 1.29 is 9.59 Å². The summed E-state index contributed by atoms with van der Waals surface area (Å²) >= 11 is 0. The van der Waals surface area contributed by atoms with E-state index in [4.69, 9.17) is 0 Å². The molecule has 0 aromatic carbocycles. The summed E-state index contributed by atoms with van der Waals surface area (Å²) in [7, 11) is 4.09. The van der Waals surface area contributed by atoms with E-state index in [-0.39, 0.29) is 36.0 Å². The van der Waals surface area contributed by atoms with Crippen LogP contribution in [0.5, 0.6) is 0 Å². The molecule has 3 aliphatic rings. The molecule has 0 spiro atoms. The summed E-state index contributed by atoms with van der Waals surface area (Å²) in [6.45, 7) is 2.29. The van der Waals surface area contributed by atoms with Crippen LogP contribution in [0.4, 0.5) is 0 Å². The summed E-state index contributed by atoms with van der Waals surface area (Å²) in [4.78, 5) is 43.9. The minimum Gasteiger partial charge on any atom is -0.340 e. The Bertz CT molecular complexity index is 805. The molecule has 152 valence electrons. The minimum atomic E-state index is -0.150. The van der Waals surface area contributed by atoms with Crippen LogP contribution in [-0.4, -0.2) is 76.9 Å². The first kappa shape index (κ1) is 19.2. The number of piperidine rings is 3. The van der Waals surface area contributed by atoms with E-state index in [0.29, 0.717) is 31.3 Å². The van der Waals surface area contributed by atoms with Gasteiger partial charge in [0.25, 0.3) is 5.56 Å². The van der Waals surface area contributed by atoms with E-state index in [1.807, 2.05) is 19.0 Å². The lowest BCUT2D eigenvalue weighted by Crippen LogP contribution is -2.67. The predicted molar refractivity (Wildman–Crippen MR) is 106 cm³/mol. The highest BCUT2D eigenvalue weighted by Crippen LogP contribution is 2.41. The van der Waals surface area contributed by atoms with Crippen molar-refractivity contribution in [3.05, 3.63) is 34.7 Å². The molecule has 1 aromatic heterocycles. The summed E-state index contributed by atoms with van der Waals surface area (Å²) in [5.74, 6) is 0.935. The molecule has 4 heterocycles. The molecular formula is C21H30N4O3. The fourth-order valence-corrected chi connectivity index (χ4v) is 5.42. The van der Waals surface area contributed by atoms with E-state index in [1.54, 1.807) is 18.3 Å². The molecule has 0 radical (unpaired) electrons. The number of pyridine rings is 1. The number of fused-ring (bicyclic) bond motifs is 4. The number of carbonyl (C=O) groups excluding carboxylic acids is 2. The van der Waals surface area contributed by atoms with Crippen molar-refractivity contribution in [2.24, 2.45) is 11.8 Å². The lowest BCUT2D eigenvalue weighted by Gasteiger charge is -2.57. The molecule has 3 aliphatic heterocycles. The molecule has 0 aliphatic carbocycles. The van der Waals surface area contributed by atoms with Crippen molar-refractivity contribution in [1.29, 1.82) is 0 Å². The predicted octanol–water partition coefficient (Wildman–Crippen LogP) is 0.638. The third kappa shape index (κ3) is 3.60. The van der Waals surface area contributed by atoms with Crippen LogP contribution >= 0.6 is 0 Å². The average molecular weight is 386 g/mol. The molecule has 4 atom stereocenters. The van der Waals surface area contributed by atoms with Gasteiger partial charge in [0.1, 0.15) is 6.54 Å². The van der Waals surface area contributed by atoms with Crippen molar-refractivity contribution in [3.8, 4) is 0 Å². The van der Waals surface area contributed by atoms with E-state index in [2.05, 4.69) is 9.80 Å². The minimum absolute atomic E-state index is 0.00203. The number of hydrogen-bond acceptors (Lipinski definition) is 4. The molecule has 0 saturated carbocycles. The smallest absolute Gasteiger partial charge is 0.250 e. The number of likely N-dealkylation sites (N-methyl/N-ethyl adjacent to an activating group) is 1. The Labute approximate surface area is 165 Å². The second kappa shape index (κ2) is 7.70. The SMILES string of the molecule is CN(C)C[C@H]1[C@H]2C[C@H](CN(C(=O)Cn3ccccc3=O)C2)[C@@H]2CCCC(=O)N21. The first-order chi connectivity index (χ1) is 13.4. The van der Waals surface area contributed by atoms with E-state index in [9.17, 15) is 14.4 Å². The summed E-state index contributed by atoms with van der Waals surface area (Å²) in [6.07, 6.45) is 5.39. The van der Waals surface area contributed by atoms with Gasteiger partial charge in [-0.3, -0.25) is 14.4 Å². The van der Waals surface area contributed by atoms with Crippen LogP contribution in [0.2, 0.25) is 0 Å². The van der Waals surface area contributed by atoms with Crippen LogP contribution in [0.25, 0.3) is 0 Å². The van der Waals surface area contributed by atoms with Crippen LogP contribution in [-0.2, 0) is 16.1 Å². The second-order valence-electron chi connectivity index (χ2n) is 8.81. The first-order valence-corrected chi connectivity index (χ1v) is 10.3. The maximum Gasteiger partial charge on any atom is 0.250 e. The van der Waals surface area contributed by atoms with Gasteiger partial charge in [-0.05, 0) is 51.3 Å².